The Morgan fingerprint density at radius 1 is 1.17 bits per heavy atom. The zero-order chi connectivity index (χ0) is 16.7. The number of aryl methyl sites for hydroxylation is 1. The van der Waals surface area contributed by atoms with E-state index in [0.717, 1.165) is 12.5 Å². The van der Waals surface area contributed by atoms with Gasteiger partial charge in [-0.3, -0.25) is 10.1 Å². The van der Waals surface area contributed by atoms with Crippen LogP contribution in [0.5, 0.6) is 0 Å². The minimum Gasteiger partial charge on any atom is -0.322 e. The van der Waals surface area contributed by atoms with E-state index in [1.54, 1.807) is 12.1 Å². The van der Waals surface area contributed by atoms with Crippen molar-refractivity contribution < 1.29 is 9.41 Å². The molecule has 4 heteroatoms. The number of hydrogen-bond acceptors (Lipinski definition) is 2. The minimum absolute atomic E-state index is 0.183. The Bertz CT molecular complexity index is 501. The van der Waals surface area contributed by atoms with Crippen molar-refractivity contribution in [2.45, 2.75) is 64.8 Å². The van der Waals surface area contributed by atoms with Crippen LogP contribution in [0.4, 0.5) is 5.69 Å². The monoisotopic (exact) mass is 319 g/mol. The summed E-state index contributed by atoms with van der Waals surface area (Å²) >= 11 is 0. The summed E-state index contributed by atoms with van der Waals surface area (Å²) in [6.07, 6.45) is 8.98. The second-order valence-electron chi connectivity index (χ2n) is 7.06. The number of quaternary nitrogens is 1. The number of hydrogen-bond donors (Lipinski definition) is 0. The van der Waals surface area contributed by atoms with Crippen molar-refractivity contribution in [2.24, 2.45) is 0 Å². The Morgan fingerprint density at radius 3 is 2.57 bits per heavy atom. The van der Waals surface area contributed by atoms with Crippen molar-refractivity contribution in [3.8, 4) is 0 Å². The van der Waals surface area contributed by atoms with Gasteiger partial charge in [0.1, 0.15) is 0 Å². The normalized spacial score (nSPS) is 25.0. The van der Waals surface area contributed by atoms with E-state index in [-0.39, 0.29) is 10.6 Å². The molecule has 0 radical (unpaired) electrons. The Balaban J connectivity index is 1.82. The molecule has 1 saturated heterocycles. The topological polar surface area (TPSA) is 43.1 Å². The van der Waals surface area contributed by atoms with Crippen LogP contribution >= 0.6 is 0 Å². The van der Waals surface area contributed by atoms with E-state index < -0.39 is 0 Å². The SMILES string of the molecule is CC[N+]1(CCCCc2ccc([N+](=O)[O-])cc2)CCCCCC1C. The van der Waals surface area contributed by atoms with E-state index in [9.17, 15) is 10.1 Å². The van der Waals surface area contributed by atoms with Crippen LogP contribution < -0.4 is 0 Å². The zero-order valence-electron chi connectivity index (χ0n) is 14.7. The number of nitro benzene ring substituents is 1. The third-order valence-corrected chi connectivity index (χ3v) is 5.76. The minimum atomic E-state index is -0.334. The summed E-state index contributed by atoms with van der Waals surface area (Å²) in [5.74, 6) is 0. The third kappa shape index (κ3) is 4.77. The van der Waals surface area contributed by atoms with Crippen LogP contribution in [-0.2, 0) is 6.42 Å². The average Bonchev–Trinajstić information content (AvgIpc) is 2.74. The molecule has 2 rings (SSSR count). The molecule has 1 aliphatic heterocycles. The van der Waals surface area contributed by atoms with Gasteiger partial charge in [0.2, 0.25) is 0 Å². The van der Waals surface area contributed by atoms with Gasteiger partial charge in [-0.25, -0.2) is 0 Å². The molecular weight excluding hydrogens is 288 g/mol. The van der Waals surface area contributed by atoms with E-state index in [1.807, 2.05) is 12.1 Å². The van der Waals surface area contributed by atoms with Gasteiger partial charge in [-0.05, 0) is 64.4 Å². The fraction of sp³-hybridized carbons (Fsp3) is 0.684. The third-order valence-electron chi connectivity index (χ3n) is 5.76. The number of non-ortho nitro benzene ring substituents is 1. The van der Waals surface area contributed by atoms with Gasteiger partial charge in [-0.2, -0.15) is 0 Å². The highest BCUT2D eigenvalue weighted by atomic mass is 16.6. The van der Waals surface area contributed by atoms with Gasteiger partial charge in [-0.1, -0.05) is 12.1 Å². The number of benzene rings is 1. The quantitative estimate of drug-likeness (QED) is 0.316. The van der Waals surface area contributed by atoms with Gasteiger partial charge in [-0.15, -0.1) is 0 Å². The lowest BCUT2D eigenvalue weighted by Crippen LogP contribution is -2.54. The summed E-state index contributed by atoms with van der Waals surface area (Å²) in [6.45, 7) is 8.65. The molecule has 1 fully saturated rings. The molecule has 1 aromatic rings. The molecule has 4 nitrogen and oxygen atoms in total. The predicted molar refractivity (Wildman–Crippen MR) is 94.5 cm³/mol. The van der Waals surface area contributed by atoms with Crippen LogP contribution in [-0.4, -0.2) is 35.1 Å². The van der Waals surface area contributed by atoms with Crippen LogP contribution in [0, 0.1) is 10.1 Å². The summed E-state index contributed by atoms with van der Waals surface area (Å²) in [6, 6.07) is 7.83. The van der Waals surface area contributed by atoms with Crippen molar-refractivity contribution in [1.82, 2.24) is 0 Å². The molecule has 0 aromatic heterocycles. The van der Waals surface area contributed by atoms with Crippen molar-refractivity contribution in [2.75, 3.05) is 19.6 Å². The molecule has 0 aliphatic carbocycles. The zero-order valence-corrected chi connectivity index (χ0v) is 14.7. The van der Waals surface area contributed by atoms with Crippen LogP contribution in [0.25, 0.3) is 0 Å². The van der Waals surface area contributed by atoms with Gasteiger partial charge in [0.15, 0.2) is 0 Å². The summed E-state index contributed by atoms with van der Waals surface area (Å²) in [5.41, 5.74) is 1.39. The summed E-state index contributed by atoms with van der Waals surface area (Å²) in [7, 11) is 0. The van der Waals surface area contributed by atoms with Gasteiger partial charge < -0.3 is 4.48 Å². The lowest BCUT2D eigenvalue weighted by atomic mass is 10.1. The molecular formula is C19H31N2O2+. The lowest BCUT2D eigenvalue weighted by Gasteiger charge is -2.42. The Morgan fingerprint density at radius 2 is 1.91 bits per heavy atom. The summed E-state index contributed by atoms with van der Waals surface area (Å²) in [4.78, 5) is 10.3. The molecule has 0 bridgehead atoms. The first-order chi connectivity index (χ1) is 11.1. The van der Waals surface area contributed by atoms with E-state index >= 15 is 0 Å². The van der Waals surface area contributed by atoms with Crippen LogP contribution in [0.2, 0.25) is 0 Å². The molecule has 128 valence electrons. The van der Waals surface area contributed by atoms with Crippen LogP contribution in [0.15, 0.2) is 24.3 Å². The maximum atomic E-state index is 10.7. The first-order valence-corrected chi connectivity index (χ1v) is 9.16. The second kappa shape index (κ2) is 8.44. The molecule has 1 aromatic carbocycles. The van der Waals surface area contributed by atoms with Gasteiger partial charge >= 0.3 is 0 Å². The second-order valence-corrected chi connectivity index (χ2v) is 7.06. The lowest BCUT2D eigenvalue weighted by molar-refractivity contribution is -0.947. The first-order valence-electron chi connectivity index (χ1n) is 9.16. The van der Waals surface area contributed by atoms with Gasteiger partial charge in [0, 0.05) is 12.1 Å². The smallest absolute Gasteiger partial charge is 0.269 e. The summed E-state index contributed by atoms with van der Waals surface area (Å²) < 4.78 is 1.29. The molecule has 1 heterocycles. The first kappa shape index (κ1) is 17.9. The highest BCUT2D eigenvalue weighted by Crippen LogP contribution is 2.26. The number of nitrogens with zero attached hydrogens (tertiary/aromatic N) is 2. The molecule has 0 spiro atoms. The highest BCUT2D eigenvalue weighted by molar-refractivity contribution is 5.32. The van der Waals surface area contributed by atoms with Crippen LogP contribution in [0.3, 0.4) is 0 Å². The number of rotatable bonds is 7. The van der Waals surface area contributed by atoms with Gasteiger partial charge in [0.05, 0.1) is 30.6 Å². The highest BCUT2D eigenvalue weighted by Gasteiger charge is 2.32. The molecule has 0 saturated carbocycles. The maximum Gasteiger partial charge on any atom is 0.269 e. The predicted octanol–water partition coefficient (Wildman–Crippen LogP) is 4.72. The number of nitro groups is 1. The van der Waals surface area contributed by atoms with Crippen molar-refractivity contribution >= 4 is 5.69 Å². The van der Waals surface area contributed by atoms with E-state index in [2.05, 4.69) is 13.8 Å². The van der Waals surface area contributed by atoms with Crippen molar-refractivity contribution in [1.29, 1.82) is 0 Å². The Kier molecular flexibility index (Phi) is 6.58. The molecule has 23 heavy (non-hydrogen) atoms. The van der Waals surface area contributed by atoms with E-state index in [1.165, 1.54) is 68.2 Å². The Labute approximate surface area is 140 Å². The van der Waals surface area contributed by atoms with Crippen molar-refractivity contribution in [3.05, 3.63) is 39.9 Å². The molecule has 2 atom stereocenters. The number of unbranched alkanes of at least 4 members (excludes halogenated alkanes) is 1. The average molecular weight is 319 g/mol. The number of likely N-dealkylation sites (tertiary alicyclic amines) is 1. The fourth-order valence-corrected chi connectivity index (χ4v) is 4.04. The fourth-order valence-electron chi connectivity index (χ4n) is 4.04. The standard InChI is InChI=1S/C19H31N2O2/c1-3-21(15-7-4-5-9-17(21)2)16-8-6-10-18-11-13-19(14-12-18)20(22)23/h11-14,17H,3-10,15-16H2,1-2H3/q+1. The molecule has 0 N–H and O–H groups in total. The van der Waals surface area contributed by atoms with E-state index in [4.69, 9.17) is 0 Å². The largest absolute Gasteiger partial charge is 0.322 e. The summed E-state index contributed by atoms with van der Waals surface area (Å²) in [5, 5.41) is 10.7. The maximum absolute atomic E-state index is 10.7. The molecule has 2 unspecified atom stereocenters. The molecule has 0 amide bonds. The Hall–Kier alpha value is -1.42. The van der Waals surface area contributed by atoms with Gasteiger partial charge in [0.25, 0.3) is 5.69 Å². The van der Waals surface area contributed by atoms with Crippen molar-refractivity contribution in [3.63, 3.8) is 0 Å². The van der Waals surface area contributed by atoms with Crippen LogP contribution in [0.1, 0.15) is 57.9 Å². The van der Waals surface area contributed by atoms with E-state index in [0.29, 0.717) is 0 Å². The molecule has 1 aliphatic rings.